The largest absolute Gasteiger partial charge is 2.00 e. The molecule has 0 heterocycles. The second-order valence-corrected chi connectivity index (χ2v) is 10.1. The minimum absolute atomic E-state index is 0. The molecule has 8 nitrogen and oxygen atoms in total. The minimum atomic E-state index is -5.80. The van der Waals surface area contributed by atoms with Crippen LogP contribution in [-0.4, -0.2) is 150 Å². The van der Waals surface area contributed by atoms with Gasteiger partial charge in [0, 0.05) is 28.4 Å². The first-order chi connectivity index (χ1) is 23.8. The normalized spacial score (nSPS) is 13.2. The third kappa shape index (κ3) is 29.9. The van der Waals surface area contributed by atoms with Crippen LogP contribution in [0.1, 0.15) is 27.7 Å². The van der Waals surface area contributed by atoms with Gasteiger partial charge < -0.3 is 39.4 Å². The van der Waals surface area contributed by atoms with E-state index < -0.39 is 99.5 Å². The molecule has 0 amide bonds. The van der Waals surface area contributed by atoms with Gasteiger partial charge in [-0.05, 0) is 0 Å². The van der Waals surface area contributed by atoms with Crippen LogP contribution >= 0.6 is 0 Å². The molecule has 0 rings (SSSR count). The summed E-state index contributed by atoms with van der Waals surface area (Å²) in [4.78, 5) is 0. The summed E-state index contributed by atoms with van der Waals surface area (Å²) < 4.78 is 290. The number of hydrogen-bond acceptors (Lipinski definition) is 8. The first-order valence-corrected chi connectivity index (χ1v) is 13.1. The number of halogens is 24. The Kier molecular flexibility index (Phi) is 39.6. The van der Waals surface area contributed by atoms with E-state index in [4.69, 9.17) is 0 Å². The van der Waals surface area contributed by atoms with Gasteiger partial charge in [-0.3, -0.25) is 0 Å². The molecule has 0 spiro atoms. The SMILES string of the molecule is CC([O-])(C(F)(F)F)C(F)(F)F.CC([O-])(C(F)(F)F)C(F)(F)F.CC([O-])(C(F)(F)F)C(F)(F)F.CC([O-])(C(F)(F)F)C(F)(F)F.COCCOC.COCCOC.[Li+].[Li+].[Mg+2]. The van der Waals surface area contributed by atoms with Gasteiger partial charge in [-0.2, -0.15) is 105 Å². The standard InChI is InChI=1S/4C4H3F6O.2C4H10O2.2Li.Mg/c4*1-2(11,3(5,6)7)4(8,9)10;2*1-5-3-4-6-2;;;/h4*1H3;2*3-4H2,1-2H3;;;/q4*-1;;;2*+1;+2. The number of hydrogen-bond donors (Lipinski definition) is 0. The fraction of sp³-hybridized carbons (Fsp3) is 1.00. The maximum absolute atomic E-state index is 11.3. The van der Waals surface area contributed by atoms with Crippen LogP contribution in [0.5, 0.6) is 0 Å². The Bertz CT molecular complexity index is 796. The molecule has 0 aromatic rings. The Labute approximate surface area is 359 Å². The van der Waals surface area contributed by atoms with Crippen LogP contribution in [0.25, 0.3) is 0 Å². The molecule has 0 aromatic carbocycles. The van der Waals surface area contributed by atoms with Gasteiger partial charge in [-0.25, -0.2) is 0 Å². The topological polar surface area (TPSA) is 129 Å². The molecule has 0 radical (unpaired) electrons. The summed E-state index contributed by atoms with van der Waals surface area (Å²) in [7, 11) is 6.61. The van der Waals surface area contributed by atoms with Gasteiger partial charge in [0.15, 0.2) is 0 Å². The molecule has 0 aliphatic rings. The van der Waals surface area contributed by atoms with Gasteiger partial charge >= 0.3 is 110 Å². The molecule has 348 valence electrons. The number of rotatable bonds is 6. The van der Waals surface area contributed by atoms with Gasteiger partial charge in [0.25, 0.3) is 0 Å². The van der Waals surface area contributed by atoms with Crippen molar-refractivity contribution in [2.45, 2.75) is 99.5 Å². The molecular weight excluding hydrogens is 910 g/mol. The Morgan fingerprint density at radius 3 is 0.356 bits per heavy atom. The monoisotopic (exact) mass is 942 g/mol. The van der Waals surface area contributed by atoms with Crippen LogP contribution in [-0.2, 0) is 18.9 Å². The van der Waals surface area contributed by atoms with Crippen molar-refractivity contribution in [1.82, 2.24) is 0 Å². The Balaban J connectivity index is -0.0000000730. The summed E-state index contributed by atoms with van der Waals surface area (Å²) in [5.41, 5.74) is -19.5. The Morgan fingerprint density at radius 1 is 0.271 bits per heavy atom. The second kappa shape index (κ2) is 29.4. The molecule has 0 aromatic heterocycles. The zero-order chi connectivity index (χ0) is 47.7. The molecular formula is C24H32F24Li2MgO8. The number of ether oxygens (including phenoxy) is 4. The van der Waals surface area contributed by atoms with E-state index in [-0.39, 0.29) is 60.8 Å². The number of methoxy groups -OCH3 is 4. The van der Waals surface area contributed by atoms with E-state index >= 15 is 0 Å². The van der Waals surface area contributed by atoms with Crippen molar-refractivity contribution < 1.29 is 182 Å². The smallest absolute Gasteiger partial charge is 0.837 e. The zero-order valence-corrected chi connectivity index (χ0v) is 33.3. The quantitative estimate of drug-likeness (QED) is 0.191. The maximum Gasteiger partial charge on any atom is 2.00 e. The van der Waals surface area contributed by atoms with Crippen LogP contribution in [0.3, 0.4) is 0 Å². The molecule has 59 heavy (non-hydrogen) atoms. The minimum Gasteiger partial charge on any atom is -0.837 e. The predicted octanol–water partition coefficient (Wildman–Crippen LogP) is -0.894. The third-order valence-corrected chi connectivity index (χ3v) is 5.31. The third-order valence-electron chi connectivity index (χ3n) is 5.31. The van der Waals surface area contributed by atoms with E-state index in [0.717, 1.165) is 0 Å². The maximum atomic E-state index is 11.3. The fourth-order valence-corrected chi connectivity index (χ4v) is 0.976. The summed E-state index contributed by atoms with van der Waals surface area (Å²) in [6.07, 6.45) is -46.4. The molecule has 0 aliphatic heterocycles. The van der Waals surface area contributed by atoms with Crippen molar-refractivity contribution in [3.05, 3.63) is 0 Å². The summed E-state index contributed by atoms with van der Waals surface area (Å²) in [5.74, 6) is 0. The molecule has 0 aliphatic carbocycles. The van der Waals surface area contributed by atoms with E-state index in [0.29, 0.717) is 26.4 Å². The average Bonchev–Trinajstić information content (AvgIpc) is 2.92. The van der Waals surface area contributed by atoms with Crippen molar-refractivity contribution in [1.29, 1.82) is 0 Å². The van der Waals surface area contributed by atoms with Crippen molar-refractivity contribution >= 4 is 23.1 Å². The van der Waals surface area contributed by atoms with Gasteiger partial charge in [0.1, 0.15) is 0 Å². The Morgan fingerprint density at radius 2 is 0.339 bits per heavy atom. The second-order valence-electron chi connectivity index (χ2n) is 10.1. The van der Waals surface area contributed by atoms with Crippen molar-refractivity contribution in [2.24, 2.45) is 0 Å². The molecule has 35 heteroatoms. The van der Waals surface area contributed by atoms with Crippen LogP contribution in [0.15, 0.2) is 0 Å². The van der Waals surface area contributed by atoms with Crippen LogP contribution in [0.4, 0.5) is 105 Å². The van der Waals surface area contributed by atoms with Gasteiger partial charge in [0.2, 0.25) is 0 Å². The van der Waals surface area contributed by atoms with Gasteiger partial charge in [-0.1, -0.05) is 27.7 Å². The fourth-order valence-electron chi connectivity index (χ4n) is 0.976. The first kappa shape index (κ1) is 79.4. The summed E-state index contributed by atoms with van der Waals surface area (Å²) in [5, 5.41) is 39.6. The van der Waals surface area contributed by atoms with E-state index in [1.54, 1.807) is 28.4 Å². The van der Waals surface area contributed by atoms with E-state index in [9.17, 15) is 126 Å². The number of alkyl halides is 24. The van der Waals surface area contributed by atoms with Gasteiger partial charge in [0.05, 0.1) is 48.8 Å². The zero-order valence-electron chi connectivity index (χ0n) is 31.9. The molecule has 0 saturated heterocycles. The van der Waals surface area contributed by atoms with E-state index in [2.05, 4.69) is 18.9 Å². The molecule has 0 atom stereocenters. The van der Waals surface area contributed by atoms with Gasteiger partial charge in [-0.15, -0.1) is 0 Å². The van der Waals surface area contributed by atoms with E-state index in [1.807, 2.05) is 0 Å². The molecule has 0 N–H and O–H groups in total. The average molecular weight is 943 g/mol. The summed E-state index contributed by atoms with van der Waals surface area (Å²) in [6, 6.07) is 0. The van der Waals surface area contributed by atoms with Crippen LogP contribution < -0.4 is 58.1 Å². The van der Waals surface area contributed by atoms with Crippen molar-refractivity contribution in [3.8, 4) is 0 Å². The van der Waals surface area contributed by atoms with Crippen molar-refractivity contribution in [3.63, 3.8) is 0 Å². The summed E-state index contributed by atoms with van der Waals surface area (Å²) in [6.45, 7) is 0.958. The molecule has 0 fully saturated rings. The molecule has 0 saturated carbocycles. The van der Waals surface area contributed by atoms with Crippen LogP contribution in [0, 0.1) is 0 Å². The summed E-state index contributed by atoms with van der Waals surface area (Å²) >= 11 is 0. The first-order valence-electron chi connectivity index (χ1n) is 13.1. The predicted molar refractivity (Wildman–Crippen MR) is 135 cm³/mol. The molecule has 0 unspecified atom stereocenters. The molecule has 0 bridgehead atoms. The van der Waals surface area contributed by atoms with Crippen molar-refractivity contribution in [2.75, 3.05) is 54.9 Å². The van der Waals surface area contributed by atoms with Crippen LogP contribution in [0.2, 0.25) is 0 Å². The Hall–Kier alpha value is -0.0390. The van der Waals surface area contributed by atoms with E-state index in [1.165, 1.54) is 0 Å².